The highest BCUT2D eigenvalue weighted by Gasteiger charge is 2.13. The van der Waals surface area contributed by atoms with Gasteiger partial charge in [-0.3, -0.25) is 14.3 Å². The molecule has 1 aromatic heterocycles. The summed E-state index contributed by atoms with van der Waals surface area (Å²) in [6.07, 6.45) is 6.29. The van der Waals surface area contributed by atoms with Gasteiger partial charge in [0.25, 0.3) is 0 Å². The maximum atomic E-state index is 11.9. The van der Waals surface area contributed by atoms with Gasteiger partial charge >= 0.3 is 5.97 Å². The molecule has 19 heavy (non-hydrogen) atoms. The van der Waals surface area contributed by atoms with Gasteiger partial charge in [0.1, 0.15) is 6.54 Å². The molecule has 0 fully saturated rings. The number of rotatable bonds is 7. The van der Waals surface area contributed by atoms with Crippen LogP contribution in [0.1, 0.15) is 5.56 Å². The molecule has 0 saturated heterocycles. The van der Waals surface area contributed by atoms with E-state index in [1.807, 2.05) is 0 Å². The molecule has 0 atom stereocenters. The lowest BCUT2D eigenvalue weighted by Crippen LogP contribution is -2.36. The van der Waals surface area contributed by atoms with Gasteiger partial charge in [-0.1, -0.05) is 0 Å². The molecule has 7 heteroatoms. The van der Waals surface area contributed by atoms with E-state index < -0.39 is 5.97 Å². The number of hydrogen-bond acceptors (Lipinski definition) is 4. The number of carbonyl (C=O) groups is 2. The zero-order valence-electron chi connectivity index (χ0n) is 10.9. The van der Waals surface area contributed by atoms with E-state index in [0.29, 0.717) is 6.61 Å². The summed E-state index contributed by atoms with van der Waals surface area (Å²) in [6, 6.07) is 0. The summed E-state index contributed by atoms with van der Waals surface area (Å²) in [5, 5.41) is 12.7. The Balaban J connectivity index is 2.64. The van der Waals surface area contributed by atoms with Crippen LogP contribution >= 0.6 is 0 Å². The van der Waals surface area contributed by atoms with Gasteiger partial charge in [0.15, 0.2) is 0 Å². The smallest absolute Gasteiger partial charge is 0.323 e. The summed E-state index contributed by atoms with van der Waals surface area (Å²) >= 11 is 0. The number of aryl methyl sites for hydroxylation is 1. The molecule has 0 bridgehead atoms. The summed E-state index contributed by atoms with van der Waals surface area (Å²) in [4.78, 5) is 23.7. The van der Waals surface area contributed by atoms with Crippen molar-refractivity contribution in [3.63, 3.8) is 0 Å². The topological polar surface area (TPSA) is 84.7 Å². The maximum Gasteiger partial charge on any atom is 0.323 e. The molecule has 0 aromatic carbocycles. The molecule has 1 aromatic rings. The van der Waals surface area contributed by atoms with Crippen LogP contribution in [0.25, 0.3) is 6.08 Å². The van der Waals surface area contributed by atoms with Crippen molar-refractivity contribution in [3.8, 4) is 0 Å². The van der Waals surface area contributed by atoms with Crippen LogP contribution in [-0.4, -0.2) is 58.5 Å². The molecule has 1 N–H and O–H groups in total. The number of nitrogens with zero attached hydrogens (tertiary/aromatic N) is 3. The molecule has 7 nitrogen and oxygen atoms in total. The van der Waals surface area contributed by atoms with Gasteiger partial charge in [-0.05, 0) is 6.08 Å². The first-order valence-corrected chi connectivity index (χ1v) is 5.69. The molecule has 0 unspecified atom stereocenters. The maximum absolute atomic E-state index is 11.9. The van der Waals surface area contributed by atoms with E-state index >= 15 is 0 Å². The minimum atomic E-state index is -1.06. The second-order valence-electron chi connectivity index (χ2n) is 3.93. The summed E-state index contributed by atoms with van der Waals surface area (Å²) in [6.45, 7) is 0.179. The van der Waals surface area contributed by atoms with E-state index in [9.17, 15) is 9.59 Å². The van der Waals surface area contributed by atoms with Gasteiger partial charge in [-0.25, -0.2) is 0 Å². The highest BCUT2D eigenvalue weighted by Crippen LogP contribution is 2.01. The van der Waals surface area contributed by atoms with E-state index in [4.69, 9.17) is 9.84 Å². The predicted molar refractivity (Wildman–Crippen MR) is 68.3 cm³/mol. The molecule has 0 aliphatic rings. The van der Waals surface area contributed by atoms with E-state index in [2.05, 4.69) is 5.10 Å². The van der Waals surface area contributed by atoms with Crippen LogP contribution in [0.4, 0.5) is 0 Å². The van der Waals surface area contributed by atoms with Crippen LogP contribution in [0, 0.1) is 0 Å². The van der Waals surface area contributed by atoms with Crippen molar-refractivity contribution in [1.82, 2.24) is 14.7 Å². The minimum Gasteiger partial charge on any atom is -0.480 e. The van der Waals surface area contributed by atoms with Crippen molar-refractivity contribution < 1.29 is 19.4 Å². The zero-order chi connectivity index (χ0) is 14.3. The fourth-order valence-corrected chi connectivity index (χ4v) is 1.43. The van der Waals surface area contributed by atoms with Crippen molar-refractivity contribution in [2.24, 2.45) is 7.05 Å². The Morgan fingerprint density at radius 1 is 1.58 bits per heavy atom. The van der Waals surface area contributed by atoms with Gasteiger partial charge in [-0.2, -0.15) is 5.10 Å². The van der Waals surface area contributed by atoms with Gasteiger partial charge in [0.2, 0.25) is 5.91 Å². The first-order valence-electron chi connectivity index (χ1n) is 5.69. The summed E-state index contributed by atoms with van der Waals surface area (Å²) in [5.41, 5.74) is 0.776. The fraction of sp³-hybridized carbons (Fsp3) is 0.417. The third-order valence-electron chi connectivity index (χ3n) is 2.35. The number of aliphatic carboxylic acids is 1. The Morgan fingerprint density at radius 3 is 2.84 bits per heavy atom. The number of methoxy groups -OCH3 is 1. The standard InChI is InChI=1S/C12H17N3O4/c1-14-8-10(7-13-14)3-4-11(16)15(5-6-19-2)9-12(17)18/h3-4,7-8H,5-6,9H2,1-2H3,(H,17,18). The highest BCUT2D eigenvalue weighted by molar-refractivity contribution is 5.93. The molecule has 1 rings (SSSR count). The van der Waals surface area contributed by atoms with Crippen molar-refractivity contribution in [1.29, 1.82) is 0 Å². The number of aromatic nitrogens is 2. The third kappa shape index (κ3) is 5.35. The van der Waals surface area contributed by atoms with Crippen LogP contribution in [0.3, 0.4) is 0 Å². The Hall–Kier alpha value is -2.15. The minimum absolute atomic E-state index is 0.235. The SMILES string of the molecule is COCCN(CC(=O)O)C(=O)C=Cc1cnn(C)c1. The lowest BCUT2D eigenvalue weighted by molar-refractivity contribution is -0.143. The fourth-order valence-electron chi connectivity index (χ4n) is 1.43. The average molecular weight is 267 g/mol. The molecule has 104 valence electrons. The molecule has 0 radical (unpaired) electrons. The quantitative estimate of drug-likeness (QED) is 0.702. The number of carboxylic acid groups (broad SMARTS) is 1. The summed E-state index contributed by atoms with van der Waals surface area (Å²) in [7, 11) is 3.27. The molecule has 0 aliphatic heterocycles. The lowest BCUT2D eigenvalue weighted by atomic mass is 10.3. The predicted octanol–water partition coefficient (Wildman–Crippen LogP) is -0.00710. The first-order chi connectivity index (χ1) is 9.02. The normalized spacial score (nSPS) is 10.8. The second kappa shape index (κ2) is 7.32. The van der Waals surface area contributed by atoms with Gasteiger partial charge in [0, 0.05) is 38.5 Å². The Kier molecular flexibility index (Phi) is 5.74. The van der Waals surface area contributed by atoms with Crippen LogP contribution in [-0.2, 0) is 21.4 Å². The Morgan fingerprint density at radius 2 is 2.32 bits per heavy atom. The van der Waals surface area contributed by atoms with Gasteiger partial charge < -0.3 is 14.7 Å². The van der Waals surface area contributed by atoms with Gasteiger partial charge in [-0.15, -0.1) is 0 Å². The highest BCUT2D eigenvalue weighted by atomic mass is 16.5. The molecule has 0 aliphatic carbocycles. The van der Waals surface area contributed by atoms with Crippen molar-refractivity contribution >= 4 is 18.0 Å². The largest absolute Gasteiger partial charge is 0.480 e. The van der Waals surface area contributed by atoms with E-state index in [0.717, 1.165) is 5.56 Å². The monoisotopic (exact) mass is 267 g/mol. The van der Waals surface area contributed by atoms with Crippen LogP contribution in [0.2, 0.25) is 0 Å². The third-order valence-corrected chi connectivity index (χ3v) is 2.35. The van der Waals surface area contributed by atoms with Crippen molar-refractivity contribution in [2.45, 2.75) is 0 Å². The number of hydrogen-bond donors (Lipinski definition) is 1. The van der Waals surface area contributed by atoms with Crippen molar-refractivity contribution in [3.05, 3.63) is 24.0 Å². The van der Waals surface area contributed by atoms with Crippen molar-refractivity contribution in [2.75, 3.05) is 26.8 Å². The molecular formula is C12H17N3O4. The summed E-state index contributed by atoms with van der Waals surface area (Å²) in [5.74, 6) is -1.43. The number of ether oxygens (including phenoxy) is 1. The van der Waals surface area contributed by atoms with E-state index in [1.165, 1.54) is 18.1 Å². The summed E-state index contributed by atoms with van der Waals surface area (Å²) < 4.78 is 6.46. The second-order valence-corrected chi connectivity index (χ2v) is 3.93. The molecular weight excluding hydrogens is 250 g/mol. The van der Waals surface area contributed by atoms with Crippen LogP contribution in [0.15, 0.2) is 18.5 Å². The van der Waals surface area contributed by atoms with E-state index in [1.54, 1.807) is 30.2 Å². The number of carboxylic acids is 1. The molecule has 1 amide bonds. The Labute approximate surface area is 111 Å². The zero-order valence-corrected chi connectivity index (χ0v) is 10.9. The molecule has 0 spiro atoms. The van der Waals surface area contributed by atoms with Crippen LogP contribution in [0.5, 0.6) is 0 Å². The van der Waals surface area contributed by atoms with E-state index in [-0.39, 0.29) is 19.0 Å². The number of amides is 1. The number of carbonyl (C=O) groups excluding carboxylic acids is 1. The lowest BCUT2D eigenvalue weighted by Gasteiger charge is -2.18. The molecule has 1 heterocycles. The molecule has 0 saturated carbocycles. The van der Waals surface area contributed by atoms with Crippen LogP contribution < -0.4 is 0 Å². The van der Waals surface area contributed by atoms with Gasteiger partial charge in [0.05, 0.1) is 12.8 Å². The average Bonchev–Trinajstić information content (AvgIpc) is 2.77. The first kappa shape index (κ1) is 14.9. The Bertz CT molecular complexity index is 467.